The highest BCUT2D eigenvalue weighted by Gasteiger charge is 2.26. The Hall–Kier alpha value is -0.500. The van der Waals surface area contributed by atoms with Gasteiger partial charge >= 0.3 is 0 Å². The molecule has 1 aliphatic carbocycles. The Labute approximate surface area is 100.0 Å². The van der Waals surface area contributed by atoms with E-state index in [4.69, 9.17) is 4.74 Å². The molecule has 2 heteroatoms. The van der Waals surface area contributed by atoms with E-state index >= 15 is 0 Å². The van der Waals surface area contributed by atoms with Gasteiger partial charge in [-0.05, 0) is 43.4 Å². The summed E-state index contributed by atoms with van der Waals surface area (Å²) >= 11 is 3.79. The second-order valence-electron chi connectivity index (χ2n) is 4.09. The predicted octanol–water partition coefficient (Wildman–Crippen LogP) is 4.32. The molecule has 82 valence electrons. The lowest BCUT2D eigenvalue weighted by Gasteiger charge is -2.30. The third kappa shape index (κ3) is 2.54. The predicted molar refractivity (Wildman–Crippen MR) is 66.6 cm³/mol. The van der Waals surface area contributed by atoms with Crippen molar-refractivity contribution in [1.82, 2.24) is 0 Å². The second kappa shape index (κ2) is 5.02. The van der Waals surface area contributed by atoms with E-state index in [2.05, 4.69) is 40.2 Å². The summed E-state index contributed by atoms with van der Waals surface area (Å²) in [5.74, 6) is 1.80. The summed E-state index contributed by atoms with van der Waals surface area (Å²) in [4.78, 5) is 0.530. The molecular formula is C13H17BrO. The topological polar surface area (TPSA) is 9.23 Å². The van der Waals surface area contributed by atoms with E-state index in [1.807, 2.05) is 6.92 Å². The molecule has 0 bridgehead atoms. The minimum Gasteiger partial charge on any atom is -0.494 e. The molecule has 0 aromatic heterocycles. The van der Waals surface area contributed by atoms with Gasteiger partial charge in [-0.25, -0.2) is 0 Å². The average molecular weight is 269 g/mol. The number of rotatable bonds is 4. The highest BCUT2D eigenvalue weighted by Crippen LogP contribution is 2.43. The Kier molecular flexibility index (Phi) is 3.68. The molecule has 1 nitrogen and oxygen atoms in total. The summed E-state index contributed by atoms with van der Waals surface area (Å²) in [6.45, 7) is 2.75. The van der Waals surface area contributed by atoms with Crippen LogP contribution in [-0.2, 0) is 0 Å². The standard InChI is InChI=1S/C13H17BrO/c1-2-15-12-8-6-11(7-9-12)13(14)10-4-3-5-10/h6-10,13H,2-5H2,1H3. The van der Waals surface area contributed by atoms with Crippen LogP contribution in [-0.4, -0.2) is 6.61 Å². The highest BCUT2D eigenvalue weighted by molar-refractivity contribution is 9.09. The summed E-state index contributed by atoms with van der Waals surface area (Å²) < 4.78 is 5.43. The van der Waals surface area contributed by atoms with Crippen molar-refractivity contribution in [2.45, 2.75) is 31.0 Å². The van der Waals surface area contributed by atoms with Crippen molar-refractivity contribution in [3.63, 3.8) is 0 Å². The van der Waals surface area contributed by atoms with E-state index in [0.717, 1.165) is 18.3 Å². The van der Waals surface area contributed by atoms with Gasteiger partial charge in [0.15, 0.2) is 0 Å². The number of alkyl halides is 1. The number of halogens is 1. The van der Waals surface area contributed by atoms with Crippen LogP contribution in [0.3, 0.4) is 0 Å². The molecule has 0 radical (unpaired) electrons. The summed E-state index contributed by atoms with van der Waals surface area (Å²) in [5.41, 5.74) is 1.38. The van der Waals surface area contributed by atoms with Crippen LogP contribution in [0.4, 0.5) is 0 Å². The molecule has 1 unspecified atom stereocenters. The van der Waals surface area contributed by atoms with E-state index in [1.165, 1.54) is 24.8 Å². The van der Waals surface area contributed by atoms with Crippen molar-refractivity contribution in [2.24, 2.45) is 5.92 Å². The summed E-state index contributed by atoms with van der Waals surface area (Å²) in [5, 5.41) is 0. The van der Waals surface area contributed by atoms with Crippen LogP contribution < -0.4 is 4.74 Å². The fraction of sp³-hybridized carbons (Fsp3) is 0.538. The van der Waals surface area contributed by atoms with Crippen molar-refractivity contribution in [3.05, 3.63) is 29.8 Å². The van der Waals surface area contributed by atoms with Crippen LogP contribution in [0.25, 0.3) is 0 Å². The normalized spacial score (nSPS) is 18.3. The quantitative estimate of drug-likeness (QED) is 0.739. The molecule has 1 saturated carbocycles. The largest absolute Gasteiger partial charge is 0.494 e. The zero-order valence-electron chi connectivity index (χ0n) is 9.08. The van der Waals surface area contributed by atoms with Gasteiger partial charge in [-0.1, -0.05) is 34.5 Å². The van der Waals surface area contributed by atoms with Crippen molar-refractivity contribution in [2.75, 3.05) is 6.61 Å². The summed E-state index contributed by atoms with van der Waals surface area (Å²) in [6.07, 6.45) is 4.12. The maximum atomic E-state index is 5.43. The molecule has 2 rings (SSSR count). The van der Waals surface area contributed by atoms with Crippen molar-refractivity contribution >= 4 is 15.9 Å². The molecule has 0 saturated heterocycles. The van der Waals surface area contributed by atoms with Gasteiger partial charge in [0.25, 0.3) is 0 Å². The summed E-state index contributed by atoms with van der Waals surface area (Å²) in [6, 6.07) is 8.46. The molecule has 0 amide bonds. The van der Waals surface area contributed by atoms with Gasteiger partial charge in [0.1, 0.15) is 5.75 Å². The molecule has 15 heavy (non-hydrogen) atoms. The first-order valence-electron chi connectivity index (χ1n) is 5.68. The van der Waals surface area contributed by atoms with Crippen LogP contribution in [0, 0.1) is 5.92 Å². The Bertz CT molecular complexity index is 303. The molecule has 1 aromatic carbocycles. The fourth-order valence-corrected chi connectivity index (χ4v) is 2.75. The Balaban J connectivity index is 2.02. The molecule has 0 spiro atoms. The molecule has 0 heterocycles. The van der Waals surface area contributed by atoms with Gasteiger partial charge < -0.3 is 4.74 Å². The van der Waals surface area contributed by atoms with Crippen LogP contribution in [0.1, 0.15) is 36.6 Å². The SMILES string of the molecule is CCOc1ccc(C(Br)C2CCC2)cc1. The van der Waals surface area contributed by atoms with Crippen LogP contribution in [0.2, 0.25) is 0 Å². The second-order valence-corrected chi connectivity index (χ2v) is 5.08. The van der Waals surface area contributed by atoms with Gasteiger partial charge in [0, 0.05) is 4.83 Å². The Morgan fingerprint density at radius 1 is 1.33 bits per heavy atom. The lowest BCUT2D eigenvalue weighted by atomic mass is 9.81. The lowest BCUT2D eigenvalue weighted by molar-refractivity contribution is 0.311. The molecule has 0 N–H and O–H groups in total. The van der Waals surface area contributed by atoms with Crippen LogP contribution in [0.15, 0.2) is 24.3 Å². The monoisotopic (exact) mass is 268 g/mol. The van der Waals surface area contributed by atoms with Gasteiger partial charge in [-0.2, -0.15) is 0 Å². The maximum absolute atomic E-state index is 5.43. The minimum absolute atomic E-state index is 0.530. The Morgan fingerprint density at radius 3 is 2.47 bits per heavy atom. The smallest absolute Gasteiger partial charge is 0.119 e. The highest BCUT2D eigenvalue weighted by atomic mass is 79.9. The van der Waals surface area contributed by atoms with Crippen molar-refractivity contribution in [1.29, 1.82) is 0 Å². The van der Waals surface area contributed by atoms with Crippen molar-refractivity contribution < 1.29 is 4.74 Å². The average Bonchev–Trinajstić information content (AvgIpc) is 2.16. The van der Waals surface area contributed by atoms with Crippen LogP contribution >= 0.6 is 15.9 Å². The molecule has 1 fully saturated rings. The van der Waals surface area contributed by atoms with Crippen molar-refractivity contribution in [3.8, 4) is 5.75 Å². The first-order valence-corrected chi connectivity index (χ1v) is 6.59. The molecule has 1 aliphatic rings. The lowest BCUT2D eigenvalue weighted by Crippen LogP contribution is -2.16. The van der Waals surface area contributed by atoms with Crippen LogP contribution in [0.5, 0.6) is 5.75 Å². The third-order valence-electron chi connectivity index (χ3n) is 3.07. The zero-order chi connectivity index (χ0) is 10.7. The number of hydrogen-bond donors (Lipinski definition) is 0. The molecule has 1 atom stereocenters. The Morgan fingerprint density at radius 2 is 2.00 bits per heavy atom. The van der Waals surface area contributed by atoms with Gasteiger partial charge in [-0.3, -0.25) is 0 Å². The molecular weight excluding hydrogens is 252 g/mol. The van der Waals surface area contributed by atoms with E-state index in [1.54, 1.807) is 0 Å². The maximum Gasteiger partial charge on any atom is 0.119 e. The number of hydrogen-bond acceptors (Lipinski definition) is 1. The first-order chi connectivity index (χ1) is 7.31. The van der Waals surface area contributed by atoms with Gasteiger partial charge in [-0.15, -0.1) is 0 Å². The zero-order valence-corrected chi connectivity index (χ0v) is 10.7. The third-order valence-corrected chi connectivity index (χ3v) is 4.35. The minimum atomic E-state index is 0.530. The first kappa shape index (κ1) is 11.0. The molecule has 1 aromatic rings. The van der Waals surface area contributed by atoms with E-state index in [9.17, 15) is 0 Å². The van der Waals surface area contributed by atoms with E-state index in [-0.39, 0.29) is 0 Å². The van der Waals surface area contributed by atoms with E-state index < -0.39 is 0 Å². The number of ether oxygens (including phenoxy) is 1. The van der Waals surface area contributed by atoms with Gasteiger partial charge in [0.2, 0.25) is 0 Å². The van der Waals surface area contributed by atoms with E-state index in [0.29, 0.717) is 4.83 Å². The summed E-state index contributed by atoms with van der Waals surface area (Å²) in [7, 11) is 0. The molecule has 0 aliphatic heterocycles. The number of benzene rings is 1. The fourth-order valence-electron chi connectivity index (χ4n) is 1.92. The van der Waals surface area contributed by atoms with Gasteiger partial charge in [0.05, 0.1) is 6.61 Å².